The second-order valence-electron chi connectivity index (χ2n) is 4.31. The van der Waals surface area contributed by atoms with Gasteiger partial charge in [-0.25, -0.2) is 0 Å². The summed E-state index contributed by atoms with van der Waals surface area (Å²) in [6.45, 7) is 1.37. The predicted octanol–water partition coefficient (Wildman–Crippen LogP) is 0.389. The monoisotopic (exact) mass is 290 g/mol. The zero-order valence-corrected chi connectivity index (χ0v) is 12.1. The third-order valence-corrected chi connectivity index (χ3v) is 4.22. The first kappa shape index (κ1) is 12.9. The van der Waals surface area contributed by atoms with Crippen LogP contribution in [0.1, 0.15) is 5.56 Å². The van der Waals surface area contributed by atoms with Crippen LogP contribution >= 0.6 is 11.3 Å². The summed E-state index contributed by atoms with van der Waals surface area (Å²) in [5, 5.41) is 0. The second-order valence-corrected chi connectivity index (χ2v) is 5.32. The molecule has 3 rings (SSSR count). The quantitative estimate of drug-likeness (QED) is 0.821. The molecule has 0 unspecified atom stereocenters. The van der Waals surface area contributed by atoms with Crippen molar-refractivity contribution < 1.29 is 9.47 Å². The zero-order valence-electron chi connectivity index (χ0n) is 11.3. The van der Waals surface area contributed by atoms with E-state index < -0.39 is 0 Å². The van der Waals surface area contributed by atoms with E-state index in [1.807, 2.05) is 24.3 Å². The Hall–Kier alpha value is -2.08. The molecule has 0 saturated heterocycles. The van der Waals surface area contributed by atoms with Crippen LogP contribution in [-0.2, 0) is 6.54 Å². The van der Waals surface area contributed by atoms with Gasteiger partial charge in [-0.05, 0) is 12.1 Å². The van der Waals surface area contributed by atoms with E-state index in [4.69, 9.17) is 9.47 Å². The third kappa shape index (κ3) is 2.02. The lowest BCUT2D eigenvalue weighted by molar-refractivity contribution is 0.354. The lowest BCUT2D eigenvalue weighted by Crippen LogP contribution is -2.29. The molecule has 0 radical (unpaired) electrons. The second kappa shape index (κ2) is 5.13. The van der Waals surface area contributed by atoms with Crippen molar-refractivity contribution in [1.82, 2.24) is 4.57 Å². The first-order chi connectivity index (χ1) is 9.74. The summed E-state index contributed by atoms with van der Waals surface area (Å²) in [7, 11) is 3.18. The molecule has 0 saturated carbocycles. The van der Waals surface area contributed by atoms with Gasteiger partial charge in [-0.15, -0.1) is 0 Å². The summed E-state index contributed by atoms with van der Waals surface area (Å²) >= 11 is 1.41. The number of methoxy groups -OCH3 is 2. The van der Waals surface area contributed by atoms with Crippen LogP contribution in [0.15, 0.2) is 28.0 Å². The van der Waals surface area contributed by atoms with Crippen LogP contribution in [0.25, 0.3) is 6.08 Å². The van der Waals surface area contributed by atoms with Crippen LogP contribution < -0.4 is 24.4 Å². The first-order valence-electron chi connectivity index (χ1n) is 6.21. The van der Waals surface area contributed by atoms with Crippen LogP contribution in [-0.4, -0.2) is 25.3 Å². The van der Waals surface area contributed by atoms with Gasteiger partial charge in [0.05, 0.1) is 25.3 Å². The van der Waals surface area contributed by atoms with E-state index >= 15 is 0 Å². The molecular formula is C14H14N2O3S. The molecular weight excluding hydrogens is 276 g/mol. The number of thiazole rings is 1. The van der Waals surface area contributed by atoms with E-state index in [1.165, 1.54) is 11.3 Å². The molecule has 0 spiro atoms. The summed E-state index contributed by atoms with van der Waals surface area (Å²) in [6, 6.07) is 5.59. The number of ether oxygens (including phenoxy) is 2. The minimum Gasteiger partial charge on any atom is -0.493 e. The number of para-hydroxylation sites is 1. The highest BCUT2D eigenvalue weighted by molar-refractivity contribution is 7.07. The van der Waals surface area contributed by atoms with Gasteiger partial charge in [0.1, 0.15) is 0 Å². The third-order valence-electron chi connectivity index (χ3n) is 3.18. The average Bonchev–Trinajstić information content (AvgIpc) is 3.03. The Balaban J connectivity index is 2.21. The van der Waals surface area contributed by atoms with Gasteiger partial charge in [0, 0.05) is 12.1 Å². The molecule has 2 heterocycles. The van der Waals surface area contributed by atoms with Crippen molar-refractivity contribution in [3.8, 4) is 11.5 Å². The summed E-state index contributed by atoms with van der Waals surface area (Å²) in [4.78, 5) is 17.3. The van der Waals surface area contributed by atoms with Gasteiger partial charge >= 0.3 is 0 Å². The Kier molecular flexibility index (Phi) is 3.31. The number of fused-ring (bicyclic) bond motifs is 1. The number of aromatic nitrogens is 1. The zero-order chi connectivity index (χ0) is 14.1. The van der Waals surface area contributed by atoms with E-state index in [9.17, 15) is 4.79 Å². The van der Waals surface area contributed by atoms with E-state index in [0.717, 1.165) is 10.4 Å². The molecule has 0 atom stereocenters. The van der Waals surface area contributed by atoms with Crippen LogP contribution in [0.3, 0.4) is 0 Å². The van der Waals surface area contributed by atoms with Gasteiger partial charge in [0.25, 0.3) is 5.56 Å². The first-order valence-corrected chi connectivity index (χ1v) is 7.03. The molecule has 0 aliphatic carbocycles. The van der Waals surface area contributed by atoms with Crippen molar-refractivity contribution in [2.45, 2.75) is 6.54 Å². The Morgan fingerprint density at radius 3 is 2.90 bits per heavy atom. The molecule has 1 aromatic carbocycles. The summed E-state index contributed by atoms with van der Waals surface area (Å²) < 4.78 is 13.0. The molecule has 0 amide bonds. The summed E-state index contributed by atoms with van der Waals surface area (Å²) in [5.74, 6) is 1.28. The molecule has 2 aromatic rings. The average molecular weight is 290 g/mol. The lowest BCUT2D eigenvalue weighted by Gasteiger charge is -2.09. The van der Waals surface area contributed by atoms with Gasteiger partial charge in [0.15, 0.2) is 16.3 Å². The predicted molar refractivity (Wildman–Crippen MR) is 77.3 cm³/mol. The number of rotatable bonds is 3. The van der Waals surface area contributed by atoms with Crippen molar-refractivity contribution in [3.63, 3.8) is 0 Å². The Bertz CT molecular complexity index is 820. The van der Waals surface area contributed by atoms with Crippen LogP contribution in [0.5, 0.6) is 11.5 Å². The smallest absolute Gasteiger partial charge is 0.270 e. The maximum absolute atomic E-state index is 12.2. The lowest BCUT2D eigenvalue weighted by atomic mass is 10.2. The van der Waals surface area contributed by atoms with Crippen molar-refractivity contribution in [3.05, 3.63) is 43.5 Å². The van der Waals surface area contributed by atoms with Crippen molar-refractivity contribution >= 4 is 17.4 Å². The fraction of sp³-hybridized carbons (Fsp3) is 0.286. The number of hydrogen-bond donors (Lipinski definition) is 0. The van der Waals surface area contributed by atoms with E-state index in [0.29, 0.717) is 29.1 Å². The van der Waals surface area contributed by atoms with Crippen LogP contribution in [0.2, 0.25) is 0 Å². The highest BCUT2D eigenvalue weighted by atomic mass is 32.1. The maximum atomic E-state index is 12.2. The molecule has 0 bridgehead atoms. The minimum absolute atomic E-state index is 0.0103. The topological polar surface area (TPSA) is 52.8 Å². The van der Waals surface area contributed by atoms with Crippen LogP contribution in [0, 0.1) is 0 Å². The summed E-state index contributed by atoms with van der Waals surface area (Å²) in [5.41, 5.74) is 0.834. The van der Waals surface area contributed by atoms with Gasteiger partial charge in [-0.1, -0.05) is 23.5 Å². The molecule has 1 aliphatic heterocycles. The fourth-order valence-corrected chi connectivity index (χ4v) is 3.26. The van der Waals surface area contributed by atoms with Crippen LogP contribution in [0.4, 0.5) is 0 Å². The molecule has 1 aliphatic rings. The minimum atomic E-state index is 0.0103. The molecule has 20 heavy (non-hydrogen) atoms. The normalized spacial score (nSPS) is 14.0. The maximum Gasteiger partial charge on any atom is 0.270 e. The standard InChI is InChI=1S/C14H14N2O3S/c1-18-10-5-3-4-9(12(10)19-2)8-11-13(17)16-7-6-15-14(16)20-11/h3-5,8H,6-7H2,1-2H3/b11-8-. The SMILES string of the molecule is COc1cccc(/C=c2\sc3n(c2=O)CCN=3)c1OC. The Morgan fingerprint density at radius 1 is 1.35 bits per heavy atom. The fourth-order valence-electron chi connectivity index (χ4n) is 2.24. The van der Waals surface area contributed by atoms with Crippen molar-refractivity contribution in [2.75, 3.05) is 20.8 Å². The summed E-state index contributed by atoms with van der Waals surface area (Å²) in [6.07, 6.45) is 1.83. The Labute approximate surface area is 119 Å². The highest BCUT2D eigenvalue weighted by Gasteiger charge is 2.11. The molecule has 6 heteroatoms. The highest BCUT2D eigenvalue weighted by Crippen LogP contribution is 2.30. The van der Waals surface area contributed by atoms with Gasteiger partial charge in [0.2, 0.25) is 0 Å². The van der Waals surface area contributed by atoms with Crippen molar-refractivity contribution in [2.24, 2.45) is 4.99 Å². The Morgan fingerprint density at radius 2 is 2.20 bits per heavy atom. The number of hydrogen-bond acceptors (Lipinski definition) is 5. The number of nitrogens with zero attached hydrogens (tertiary/aromatic N) is 2. The van der Waals surface area contributed by atoms with E-state index in [-0.39, 0.29) is 5.56 Å². The van der Waals surface area contributed by atoms with Gasteiger partial charge in [-0.2, -0.15) is 0 Å². The largest absolute Gasteiger partial charge is 0.493 e. The van der Waals surface area contributed by atoms with E-state index in [1.54, 1.807) is 18.8 Å². The molecule has 1 aromatic heterocycles. The van der Waals surface area contributed by atoms with E-state index in [2.05, 4.69) is 4.99 Å². The molecule has 0 N–H and O–H groups in total. The number of benzene rings is 1. The molecule has 104 valence electrons. The molecule has 5 nitrogen and oxygen atoms in total. The van der Waals surface area contributed by atoms with Gasteiger partial charge < -0.3 is 9.47 Å². The van der Waals surface area contributed by atoms with Crippen molar-refractivity contribution in [1.29, 1.82) is 0 Å². The van der Waals surface area contributed by atoms with Gasteiger partial charge in [-0.3, -0.25) is 14.4 Å². The molecule has 0 fully saturated rings.